The molecule has 4 nitrogen and oxygen atoms in total. The Morgan fingerprint density at radius 2 is 1.21 bits per heavy atom. The summed E-state index contributed by atoms with van der Waals surface area (Å²) in [6, 6.07) is 24.8. The maximum Gasteiger partial charge on any atom is 0.257 e. The van der Waals surface area contributed by atoms with Gasteiger partial charge >= 0.3 is 0 Å². The molecule has 0 aliphatic carbocycles. The molecule has 0 aliphatic rings. The Hall–Kier alpha value is -3.05. The summed E-state index contributed by atoms with van der Waals surface area (Å²) >= 11 is 12.1. The highest BCUT2D eigenvalue weighted by molar-refractivity contribution is 6.31. The molecule has 1 aromatic heterocycles. The minimum absolute atomic E-state index is 0.497. The number of aromatic nitrogens is 2. The molecule has 1 heterocycles. The van der Waals surface area contributed by atoms with Crippen molar-refractivity contribution in [3.05, 3.63) is 94.6 Å². The zero-order chi connectivity index (χ0) is 20.2. The van der Waals surface area contributed by atoms with Crippen LogP contribution in [-0.4, -0.2) is 16.2 Å². The maximum atomic E-state index is 7.86. The fourth-order valence-electron chi connectivity index (χ4n) is 3.00. The van der Waals surface area contributed by atoms with Gasteiger partial charge in [0.2, 0.25) is 0 Å². The zero-order valence-corrected chi connectivity index (χ0v) is 16.8. The number of nitrogens with zero attached hydrogens (tertiary/aromatic N) is 2. The third-order valence-corrected chi connectivity index (χ3v) is 4.93. The van der Waals surface area contributed by atoms with E-state index < -0.39 is 0 Å². The van der Waals surface area contributed by atoms with Gasteiger partial charge in [-0.25, -0.2) is 4.98 Å². The molecular weight excluding hydrogens is 403 g/mol. The standard InChI is InChI=1S/C23H16Cl2N4/c24-17-10-6-15(7-11-17)21-22(16-8-12-18(25)13-9-16)29-23(20(14-26)28-21)27-19-4-2-1-3-5-19/h1-14,26H,(H,27,29)/p+1. The van der Waals surface area contributed by atoms with Crippen molar-refractivity contribution in [3.63, 3.8) is 0 Å². The van der Waals surface area contributed by atoms with Crippen LogP contribution in [0.25, 0.3) is 22.5 Å². The molecule has 0 radical (unpaired) electrons. The molecule has 3 N–H and O–H groups in total. The van der Waals surface area contributed by atoms with Crippen LogP contribution in [0.5, 0.6) is 0 Å². The van der Waals surface area contributed by atoms with Gasteiger partial charge in [0.1, 0.15) is 11.4 Å². The highest BCUT2D eigenvalue weighted by Gasteiger charge is 2.19. The Kier molecular flexibility index (Phi) is 5.67. The molecule has 0 saturated carbocycles. The number of para-hydroxylation sites is 1. The van der Waals surface area contributed by atoms with Gasteiger partial charge < -0.3 is 5.41 Å². The van der Waals surface area contributed by atoms with Crippen LogP contribution in [-0.2, 0) is 0 Å². The summed E-state index contributed by atoms with van der Waals surface area (Å²) in [6.07, 6.45) is 1.23. The smallest absolute Gasteiger partial charge is 0.257 e. The van der Waals surface area contributed by atoms with Gasteiger partial charge in [-0.15, -0.1) is 0 Å². The molecule has 6 heteroatoms. The highest BCUT2D eigenvalue weighted by Crippen LogP contribution is 2.31. The largest absolute Gasteiger partial charge is 0.306 e. The van der Waals surface area contributed by atoms with Crippen molar-refractivity contribution in [3.8, 4) is 22.5 Å². The summed E-state index contributed by atoms with van der Waals surface area (Å²) in [5.41, 5.74) is 4.67. The Bertz CT molecular complexity index is 1140. The van der Waals surface area contributed by atoms with E-state index in [-0.39, 0.29) is 0 Å². The lowest BCUT2D eigenvalue weighted by Crippen LogP contribution is -2.72. The van der Waals surface area contributed by atoms with Crippen LogP contribution < -0.4 is 5.32 Å². The summed E-state index contributed by atoms with van der Waals surface area (Å²) < 4.78 is 0. The van der Waals surface area contributed by atoms with Crippen LogP contribution in [0.15, 0.2) is 78.9 Å². The lowest BCUT2D eigenvalue weighted by molar-refractivity contribution is -0.483. The number of rotatable bonds is 5. The molecule has 3 aromatic carbocycles. The Balaban J connectivity index is 1.90. The summed E-state index contributed by atoms with van der Waals surface area (Å²) in [5, 5.41) is 11.1. The number of benzene rings is 3. The average Bonchev–Trinajstić information content (AvgIpc) is 2.75. The van der Waals surface area contributed by atoms with Crippen LogP contribution >= 0.6 is 23.2 Å². The molecule has 4 rings (SSSR count). The van der Waals surface area contributed by atoms with Gasteiger partial charge in [-0.05, 0) is 36.4 Å². The molecule has 29 heavy (non-hydrogen) atoms. The van der Waals surface area contributed by atoms with Crippen LogP contribution in [0.1, 0.15) is 5.69 Å². The maximum absolute atomic E-state index is 7.86. The summed E-state index contributed by atoms with van der Waals surface area (Å²) in [7, 11) is 0. The highest BCUT2D eigenvalue weighted by atomic mass is 35.5. The molecular formula is C23H17Cl2N4+. The molecule has 0 fully saturated rings. The van der Waals surface area contributed by atoms with E-state index in [0.717, 1.165) is 22.5 Å². The van der Waals surface area contributed by atoms with Gasteiger partial charge in [0.15, 0.2) is 5.69 Å². The van der Waals surface area contributed by atoms with E-state index in [9.17, 15) is 0 Å². The van der Waals surface area contributed by atoms with E-state index in [4.69, 9.17) is 38.6 Å². The van der Waals surface area contributed by atoms with Gasteiger partial charge in [0.25, 0.3) is 5.82 Å². The topological polar surface area (TPSA) is 66.2 Å². The van der Waals surface area contributed by atoms with Crippen molar-refractivity contribution in [2.24, 2.45) is 0 Å². The third kappa shape index (κ3) is 4.35. The predicted molar refractivity (Wildman–Crippen MR) is 118 cm³/mol. The van der Waals surface area contributed by atoms with Crippen LogP contribution in [0.3, 0.4) is 0 Å². The number of hydrogen-bond donors (Lipinski definition) is 2. The van der Waals surface area contributed by atoms with Crippen molar-refractivity contribution in [1.82, 2.24) is 9.97 Å². The van der Waals surface area contributed by atoms with Gasteiger partial charge in [-0.2, -0.15) is 4.98 Å². The van der Waals surface area contributed by atoms with Gasteiger partial charge in [0.05, 0.1) is 11.9 Å². The Morgan fingerprint density at radius 3 is 1.72 bits per heavy atom. The van der Waals surface area contributed by atoms with Crippen molar-refractivity contribution >= 4 is 40.9 Å². The van der Waals surface area contributed by atoms with E-state index in [1.54, 1.807) is 0 Å². The van der Waals surface area contributed by atoms with Gasteiger partial charge in [-0.3, -0.25) is 5.32 Å². The molecule has 0 saturated heterocycles. The summed E-state index contributed by atoms with van der Waals surface area (Å²) in [5.74, 6) is 0.633. The first-order chi connectivity index (χ1) is 14.1. The van der Waals surface area contributed by atoms with Crippen molar-refractivity contribution in [2.75, 3.05) is 0 Å². The number of halogens is 2. The first-order valence-electron chi connectivity index (χ1n) is 8.98. The molecule has 142 valence electrons. The van der Waals surface area contributed by atoms with Crippen molar-refractivity contribution in [1.29, 1.82) is 5.41 Å². The van der Waals surface area contributed by atoms with Crippen molar-refractivity contribution < 1.29 is 5.32 Å². The second-order valence-corrected chi connectivity index (χ2v) is 7.28. The lowest BCUT2D eigenvalue weighted by atomic mass is 10.0. The first-order valence-corrected chi connectivity index (χ1v) is 9.74. The number of nitrogens with two attached hydrogens (primary N) is 1. The summed E-state index contributed by atoms with van der Waals surface area (Å²) in [4.78, 5) is 9.67. The fraction of sp³-hybridized carbons (Fsp3) is 0. The molecule has 4 aromatic rings. The molecule has 0 atom stereocenters. The number of nitrogens with one attached hydrogen (secondary N) is 1. The molecule has 0 spiro atoms. The lowest BCUT2D eigenvalue weighted by Gasteiger charge is -2.12. The van der Waals surface area contributed by atoms with Crippen LogP contribution in [0.4, 0.5) is 11.5 Å². The van der Waals surface area contributed by atoms with E-state index in [0.29, 0.717) is 27.3 Å². The SMILES string of the molecule is N=Cc1nc(-c2ccc(Cl)cc2)c(-c2ccc(Cl)cc2)nc1[NH2+]c1ccccc1. The normalized spacial score (nSPS) is 10.7. The van der Waals surface area contributed by atoms with Gasteiger partial charge in [0, 0.05) is 21.2 Å². The number of hydrogen-bond acceptors (Lipinski definition) is 3. The van der Waals surface area contributed by atoms with E-state index in [2.05, 4.69) is 0 Å². The Labute approximate surface area is 178 Å². The van der Waals surface area contributed by atoms with E-state index in [1.807, 2.05) is 84.2 Å². The second-order valence-electron chi connectivity index (χ2n) is 6.40. The van der Waals surface area contributed by atoms with E-state index in [1.165, 1.54) is 6.21 Å². The van der Waals surface area contributed by atoms with Crippen LogP contribution in [0.2, 0.25) is 10.0 Å². The van der Waals surface area contributed by atoms with Crippen LogP contribution in [0, 0.1) is 5.41 Å². The zero-order valence-electron chi connectivity index (χ0n) is 15.3. The molecule has 0 unspecified atom stereocenters. The summed E-state index contributed by atoms with van der Waals surface area (Å²) in [6.45, 7) is 0. The van der Waals surface area contributed by atoms with Crippen molar-refractivity contribution in [2.45, 2.75) is 0 Å². The average molecular weight is 420 g/mol. The third-order valence-electron chi connectivity index (χ3n) is 4.43. The number of quaternary nitrogens is 1. The molecule has 0 bridgehead atoms. The fourth-order valence-corrected chi connectivity index (χ4v) is 3.25. The minimum atomic E-state index is 0.497. The Morgan fingerprint density at radius 1 is 0.690 bits per heavy atom. The predicted octanol–water partition coefficient (Wildman–Crippen LogP) is 5.64. The molecule has 0 aliphatic heterocycles. The molecule has 0 amide bonds. The van der Waals surface area contributed by atoms with Gasteiger partial charge in [-0.1, -0.05) is 65.7 Å². The monoisotopic (exact) mass is 419 g/mol. The minimum Gasteiger partial charge on any atom is -0.306 e. The van der Waals surface area contributed by atoms with E-state index >= 15 is 0 Å². The quantitative estimate of drug-likeness (QED) is 0.324. The second kappa shape index (κ2) is 8.53. The first kappa shape index (κ1) is 19.3.